The molecule has 4 aromatic rings. The molecule has 0 atom stereocenters. The molecule has 0 N–H and O–H groups in total. The van der Waals surface area contributed by atoms with Gasteiger partial charge >= 0.3 is 0 Å². The van der Waals surface area contributed by atoms with Crippen molar-refractivity contribution in [2.75, 3.05) is 0 Å². The standard InChI is InChI=1S/C25H21F/c1-2-5-18-8-10-19(11-9-18)22-16-17-23(20-12-14-21(26)15-13-20)25-7-4-3-6-24(22)25/h3-4,6-17H,2,5H2,1H3. The zero-order chi connectivity index (χ0) is 17.9. The van der Waals surface area contributed by atoms with Gasteiger partial charge in [0.25, 0.3) is 0 Å². The molecule has 0 radical (unpaired) electrons. The van der Waals surface area contributed by atoms with Crippen LogP contribution in [0.3, 0.4) is 0 Å². The first-order valence-corrected chi connectivity index (χ1v) is 9.13. The van der Waals surface area contributed by atoms with Gasteiger partial charge in [0.1, 0.15) is 5.82 Å². The van der Waals surface area contributed by atoms with Crippen LogP contribution in [0.2, 0.25) is 0 Å². The molecule has 0 bridgehead atoms. The van der Waals surface area contributed by atoms with E-state index >= 15 is 0 Å². The minimum atomic E-state index is -0.207. The van der Waals surface area contributed by atoms with Crippen LogP contribution in [-0.2, 0) is 6.42 Å². The fraction of sp³-hybridized carbons (Fsp3) is 0.120. The first kappa shape index (κ1) is 16.5. The van der Waals surface area contributed by atoms with Crippen molar-refractivity contribution in [1.82, 2.24) is 0 Å². The van der Waals surface area contributed by atoms with Crippen LogP contribution in [-0.4, -0.2) is 0 Å². The Hall–Kier alpha value is -2.93. The number of halogens is 1. The van der Waals surface area contributed by atoms with Gasteiger partial charge in [-0.15, -0.1) is 0 Å². The summed E-state index contributed by atoms with van der Waals surface area (Å²) in [7, 11) is 0. The van der Waals surface area contributed by atoms with E-state index in [2.05, 4.69) is 67.6 Å². The summed E-state index contributed by atoms with van der Waals surface area (Å²) in [5.74, 6) is -0.207. The van der Waals surface area contributed by atoms with E-state index in [9.17, 15) is 4.39 Å². The normalized spacial score (nSPS) is 11.0. The van der Waals surface area contributed by atoms with E-state index in [0.717, 1.165) is 24.0 Å². The van der Waals surface area contributed by atoms with Gasteiger partial charge in [0, 0.05) is 0 Å². The maximum atomic E-state index is 13.3. The first-order chi connectivity index (χ1) is 12.8. The lowest BCUT2D eigenvalue weighted by Gasteiger charge is -2.12. The summed E-state index contributed by atoms with van der Waals surface area (Å²) < 4.78 is 13.3. The molecule has 0 saturated carbocycles. The molecule has 128 valence electrons. The van der Waals surface area contributed by atoms with Crippen molar-refractivity contribution < 1.29 is 4.39 Å². The molecule has 1 heteroatoms. The monoisotopic (exact) mass is 340 g/mol. The lowest BCUT2D eigenvalue weighted by atomic mass is 9.91. The van der Waals surface area contributed by atoms with E-state index in [-0.39, 0.29) is 5.82 Å². The molecule has 4 rings (SSSR count). The highest BCUT2D eigenvalue weighted by atomic mass is 19.1. The smallest absolute Gasteiger partial charge is 0.123 e. The summed E-state index contributed by atoms with van der Waals surface area (Å²) in [4.78, 5) is 0. The fourth-order valence-electron chi connectivity index (χ4n) is 3.57. The average Bonchev–Trinajstić information content (AvgIpc) is 2.69. The van der Waals surface area contributed by atoms with Crippen LogP contribution < -0.4 is 0 Å². The van der Waals surface area contributed by atoms with Gasteiger partial charge in [-0.1, -0.05) is 86.1 Å². The third-order valence-electron chi connectivity index (χ3n) is 4.88. The molecule has 0 aliphatic rings. The average molecular weight is 340 g/mol. The number of rotatable bonds is 4. The van der Waals surface area contributed by atoms with Crippen molar-refractivity contribution in [3.63, 3.8) is 0 Å². The number of aryl methyl sites for hydroxylation is 1. The molecule has 0 aliphatic heterocycles. The highest BCUT2D eigenvalue weighted by Crippen LogP contribution is 2.35. The Balaban J connectivity index is 1.85. The van der Waals surface area contributed by atoms with Gasteiger partial charge in [0.15, 0.2) is 0 Å². The summed E-state index contributed by atoms with van der Waals surface area (Å²) in [5, 5.41) is 2.41. The van der Waals surface area contributed by atoms with Crippen molar-refractivity contribution in [2.45, 2.75) is 19.8 Å². The Kier molecular flexibility index (Phi) is 4.53. The molecule has 0 unspecified atom stereocenters. The number of hydrogen-bond donors (Lipinski definition) is 0. The lowest BCUT2D eigenvalue weighted by Crippen LogP contribution is -1.87. The second kappa shape index (κ2) is 7.13. The topological polar surface area (TPSA) is 0 Å². The molecule has 0 heterocycles. The predicted molar refractivity (Wildman–Crippen MR) is 109 cm³/mol. The first-order valence-electron chi connectivity index (χ1n) is 9.13. The summed E-state index contributed by atoms with van der Waals surface area (Å²) in [6, 6.07) is 28.4. The van der Waals surface area contributed by atoms with Gasteiger partial charge in [-0.3, -0.25) is 0 Å². The second-order valence-electron chi connectivity index (χ2n) is 6.66. The molecule has 0 amide bonds. The molecule has 0 aromatic heterocycles. The van der Waals surface area contributed by atoms with Crippen molar-refractivity contribution in [2.24, 2.45) is 0 Å². The van der Waals surface area contributed by atoms with Crippen LogP contribution in [0.15, 0.2) is 84.9 Å². The van der Waals surface area contributed by atoms with Gasteiger partial charge in [-0.05, 0) is 57.1 Å². The van der Waals surface area contributed by atoms with Crippen LogP contribution in [0.1, 0.15) is 18.9 Å². The van der Waals surface area contributed by atoms with Gasteiger partial charge in [0.05, 0.1) is 0 Å². The van der Waals surface area contributed by atoms with Gasteiger partial charge in [-0.2, -0.15) is 0 Å². The molecule has 0 saturated heterocycles. The third-order valence-corrected chi connectivity index (χ3v) is 4.88. The third kappa shape index (κ3) is 3.13. The van der Waals surface area contributed by atoms with Crippen molar-refractivity contribution in [3.8, 4) is 22.3 Å². The summed E-state index contributed by atoms with van der Waals surface area (Å²) in [5.41, 5.74) is 6.00. The molecule has 0 fully saturated rings. The van der Waals surface area contributed by atoms with Crippen LogP contribution in [0.4, 0.5) is 4.39 Å². The van der Waals surface area contributed by atoms with E-state index in [1.54, 1.807) is 0 Å². The molecular formula is C25H21F. The largest absolute Gasteiger partial charge is 0.207 e. The van der Waals surface area contributed by atoms with Crippen LogP contribution in [0, 0.1) is 5.82 Å². The second-order valence-corrected chi connectivity index (χ2v) is 6.66. The highest BCUT2D eigenvalue weighted by molar-refractivity contribution is 6.04. The molecule has 0 spiro atoms. The van der Waals surface area contributed by atoms with Crippen molar-refractivity contribution in [1.29, 1.82) is 0 Å². The molecule has 0 nitrogen and oxygen atoms in total. The summed E-state index contributed by atoms with van der Waals surface area (Å²) in [6.07, 6.45) is 2.28. The number of hydrogen-bond acceptors (Lipinski definition) is 0. The minimum absolute atomic E-state index is 0.207. The van der Waals surface area contributed by atoms with E-state index in [4.69, 9.17) is 0 Å². The predicted octanol–water partition coefficient (Wildman–Crippen LogP) is 7.27. The Bertz CT molecular complexity index is 1030. The fourth-order valence-corrected chi connectivity index (χ4v) is 3.57. The van der Waals surface area contributed by atoms with E-state index < -0.39 is 0 Å². The molecular weight excluding hydrogens is 319 g/mol. The summed E-state index contributed by atoms with van der Waals surface area (Å²) in [6.45, 7) is 2.20. The summed E-state index contributed by atoms with van der Waals surface area (Å²) >= 11 is 0. The lowest BCUT2D eigenvalue weighted by molar-refractivity contribution is 0.628. The Morgan fingerprint density at radius 2 is 1.12 bits per heavy atom. The molecule has 0 aliphatic carbocycles. The number of benzene rings is 4. The van der Waals surface area contributed by atoms with Crippen LogP contribution in [0.25, 0.3) is 33.0 Å². The van der Waals surface area contributed by atoms with Crippen LogP contribution in [0.5, 0.6) is 0 Å². The molecule has 26 heavy (non-hydrogen) atoms. The van der Waals surface area contributed by atoms with E-state index in [1.807, 2.05) is 12.1 Å². The Morgan fingerprint density at radius 1 is 0.615 bits per heavy atom. The quantitative estimate of drug-likeness (QED) is 0.366. The van der Waals surface area contributed by atoms with E-state index in [1.165, 1.54) is 39.6 Å². The van der Waals surface area contributed by atoms with Gasteiger partial charge < -0.3 is 0 Å². The Labute approximate surface area is 153 Å². The highest BCUT2D eigenvalue weighted by Gasteiger charge is 2.09. The van der Waals surface area contributed by atoms with Crippen LogP contribution >= 0.6 is 0 Å². The zero-order valence-electron chi connectivity index (χ0n) is 14.9. The van der Waals surface area contributed by atoms with Gasteiger partial charge in [-0.25, -0.2) is 4.39 Å². The maximum Gasteiger partial charge on any atom is 0.123 e. The Morgan fingerprint density at radius 3 is 1.62 bits per heavy atom. The maximum absolute atomic E-state index is 13.3. The zero-order valence-corrected chi connectivity index (χ0v) is 14.9. The SMILES string of the molecule is CCCc1ccc(-c2ccc(-c3ccc(F)cc3)c3ccccc23)cc1. The van der Waals surface area contributed by atoms with Crippen molar-refractivity contribution in [3.05, 3.63) is 96.3 Å². The van der Waals surface area contributed by atoms with E-state index in [0.29, 0.717) is 0 Å². The molecule has 4 aromatic carbocycles. The van der Waals surface area contributed by atoms with Gasteiger partial charge in [0.2, 0.25) is 0 Å². The van der Waals surface area contributed by atoms with Crippen molar-refractivity contribution >= 4 is 10.8 Å². The number of fused-ring (bicyclic) bond motifs is 1. The minimum Gasteiger partial charge on any atom is -0.207 e.